The monoisotopic (exact) mass is 658 g/mol. The lowest BCUT2D eigenvalue weighted by Crippen LogP contribution is -2.30. The van der Waals surface area contributed by atoms with Crippen LogP contribution in [0.1, 0.15) is 70.4 Å². The highest BCUT2D eigenvalue weighted by molar-refractivity contribution is 7.22. The van der Waals surface area contributed by atoms with Crippen LogP contribution >= 0.6 is 11.3 Å². The van der Waals surface area contributed by atoms with Crippen LogP contribution in [-0.4, -0.2) is 61.0 Å². The van der Waals surface area contributed by atoms with Crippen LogP contribution in [0.3, 0.4) is 0 Å². The summed E-state index contributed by atoms with van der Waals surface area (Å²) in [5.41, 5.74) is 4.87. The molecule has 6 nitrogen and oxygen atoms in total. The highest BCUT2D eigenvalue weighted by Crippen LogP contribution is 2.40. The van der Waals surface area contributed by atoms with E-state index in [9.17, 15) is 9.59 Å². The highest BCUT2D eigenvalue weighted by atomic mass is 32.1. The average Bonchev–Trinajstić information content (AvgIpc) is 3.83. The van der Waals surface area contributed by atoms with Crippen molar-refractivity contribution < 1.29 is 19.1 Å². The van der Waals surface area contributed by atoms with Crippen molar-refractivity contribution in [2.45, 2.75) is 44.9 Å². The summed E-state index contributed by atoms with van der Waals surface area (Å²) in [4.78, 5) is 30.2. The van der Waals surface area contributed by atoms with Gasteiger partial charge in [0.1, 0.15) is 18.1 Å². The number of fused-ring (bicyclic) bond motifs is 2. The fourth-order valence-corrected chi connectivity index (χ4v) is 8.00. The Labute approximate surface area is 286 Å². The zero-order valence-electron chi connectivity index (χ0n) is 27.4. The zero-order valence-corrected chi connectivity index (χ0v) is 28.2. The third-order valence-electron chi connectivity index (χ3n) is 9.42. The average molecular weight is 659 g/mol. The molecule has 0 unspecified atom stereocenters. The molecule has 0 radical (unpaired) electrons. The summed E-state index contributed by atoms with van der Waals surface area (Å²) in [6.45, 7) is 5.23. The molecule has 0 atom stereocenters. The number of nitrogens with zero attached hydrogens (tertiary/aromatic N) is 2. The van der Waals surface area contributed by atoms with Crippen molar-refractivity contribution in [3.05, 3.63) is 119 Å². The Morgan fingerprint density at radius 2 is 1.25 bits per heavy atom. The molecular formula is C41H42N2O4S. The van der Waals surface area contributed by atoms with Gasteiger partial charge >= 0.3 is 0 Å². The first-order valence-corrected chi connectivity index (χ1v) is 18.1. The van der Waals surface area contributed by atoms with Crippen molar-refractivity contribution in [2.24, 2.45) is 0 Å². The smallest absolute Gasteiger partial charge is 0.261 e. The van der Waals surface area contributed by atoms with Gasteiger partial charge in [-0.15, -0.1) is 11.3 Å². The lowest BCUT2D eigenvalue weighted by Gasteiger charge is -2.15. The number of carbonyl (C=O) groups is 2. The van der Waals surface area contributed by atoms with Gasteiger partial charge in [0.15, 0.2) is 0 Å². The molecule has 2 aliphatic rings. The molecule has 48 heavy (non-hydrogen) atoms. The minimum atomic E-state index is -0.173. The zero-order chi connectivity index (χ0) is 32.7. The van der Waals surface area contributed by atoms with Crippen molar-refractivity contribution in [3.8, 4) is 21.9 Å². The molecule has 2 amide bonds. The second-order valence-electron chi connectivity index (χ2n) is 12.7. The molecule has 246 valence electrons. The number of unbranched alkanes of at least 4 members (excludes halogenated alkanes) is 3. The van der Waals surface area contributed by atoms with E-state index < -0.39 is 0 Å². The summed E-state index contributed by atoms with van der Waals surface area (Å²) in [6, 6.07) is 32.8. The molecule has 4 aromatic carbocycles. The minimum absolute atomic E-state index is 0.173. The van der Waals surface area contributed by atoms with Gasteiger partial charge in [0.2, 0.25) is 0 Å². The number of imide groups is 1. The Morgan fingerprint density at radius 3 is 1.98 bits per heavy atom. The number of amides is 2. The first kappa shape index (κ1) is 32.1. The van der Waals surface area contributed by atoms with Crippen LogP contribution in [0, 0.1) is 0 Å². The number of carbonyl (C=O) groups excluding carboxylic acids is 2. The third-order valence-corrected chi connectivity index (χ3v) is 10.7. The standard InChI is InChI=1S/C41H42N2O4S/c44-40-35-12-3-4-13-36(35)41(45)43(40)25-7-1-2-10-27-46-33-21-17-31(18-22-33)39-37(34-11-5-6-14-38(34)48-39)29-30-15-19-32(20-16-30)47-28-26-42-23-8-9-24-42/h3-6,11-22H,1-2,7-10,23-29H2. The quantitative estimate of drug-likeness (QED) is 0.0831. The second-order valence-corrected chi connectivity index (χ2v) is 13.8. The first-order valence-electron chi connectivity index (χ1n) is 17.3. The van der Waals surface area contributed by atoms with Crippen LogP contribution in [0.5, 0.6) is 11.5 Å². The van der Waals surface area contributed by atoms with E-state index in [0.717, 1.165) is 56.8 Å². The van der Waals surface area contributed by atoms with E-state index in [0.29, 0.717) is 24.3 Å². The Hall–Kier alpha value is -4.46. The number of rotatable bonds is 15. The second kappa shape index (κ2) is 15.2. The molecule has 0 N–H and O–H groups in total. The van der Waals surface area contributed by atoms with Gasteiger partial charge in [-0.3, -0.25) is 19.4 Å². The molecule has 7 heteroatoms. The first-order chi connectivity index (χ1) is 23.6. The van der Waals surface area contributed by atoms with Gasteiger partial charge in [-0.1, -0.05) is 55.3 Å². The van der Waals surface area contributed by atoms with Crippen molar-refractivity contribution in [1.82, 2.24) is 9.80 Å². The van der Waals surface area contributed by atoms with Gasteiger partial charge in [-0.2, -0.15) is 0 Å². The van der Waals surface area contributed by atoms with Crippen LogP contribution < -0.4 is 9.47 Å². The lowest BCUT2D eigenvalue weighted by atomic mass is 9.99. The predicted molar refractivity (Wildman–Crippen MR) is 193 cm³/mol. The van der Waals surface area contributed by atoms with E-state index in [1.54, 1.807) is 24.3 Å². The summed E-state index contributed by atoms with van der Waals surface area (Å²) in [7, 11) is 0. The molecule has 5 aromatic rings. The Balaban J connectivity index is 0.898. The lowest BCUT2D eigenvalue weighted by molar-refractivity contribution is 0.0651. The molecule has 2 aliphatic heterocycles. The van der Waals surface area contributed by atoms with Gasteiger partial charge in [-0.25, -0.2) is 0 Å². The number of likely N-dealkylation sites (tertiary alicyclic amines) is 1. The summed E-state index contributed by atoms with van der Waals surface area (Å²) in [5, 5.41) is 1.31. The van der Waals surface area contributed by atoms with Gasteiger partial charge in [-0.05, 0) is 122 Å². The molecule has 3 heterocycles. The topological polar surface area (TPSA) is 59.1 Å². The molecule has 7 rings (SSSR count). The molecule has 0 spiro atoms. The van der Waals surface area contributed by atoms with Gasteiger partial charge in [0, 0.05) is 22.7 Å². The summed E-state index contributed by atoms with van der Waals surface area (Å²) >= 11 is 1.85. The largest absolute Gasteiger partial charge is 0.494 e. The molecule has 1 fully saturated rings. The molecule has 0 bridgehead atoms. The fraction of sp³-hybridized carbons (Fsp3) is 0.317. The van der Waals surface area contributed by atoms with Gasteiger partial charge in [0.05, 0.1) is 17.7 Å². The minimum Gasteiger partial charge on any atom is -0.494 e. The number of ether oxygens (including phenoxy) is 2. The molecule has 1 aromatic heterocycles. The van der Waals surface area contributed by atoms with E-state index in [2.05, 4.69) is 77.7 Å². The van der Waals surface area contributed by atoms with Crippen molar-refractivity contribution in [2.75, 3.05) is 39.4 Å². The van der Waals surface area contributed by atoms with Crippen LogP contribution in [0.15, 0.2) is 97.1 Å². The van der Waals surface area contributed by atoms with Crippen LogP contribution in [0.4, 0.5) is 0 Å². The normalized spacial score (nSPS) is 14.6. The predicted octanol–water partition coefficient (Wildman–Crippen LogP) is 8.87. The maximum absolute atomic E-state index is 12.5. The number of hydrogen-bond donors (Lipinski definition) is 0. The summed E-state index contributed by atoms with van der Waals surface area (Å²) < 4.78 is 13.4. The van der Waals surface area contributed by atoms with Crippen LogP contribution in [-0.2, 0) is 6.42 Å². The van der Waals surface area contributed by atoms with Crippen LogP contribution in [0.2, 0.25) is 0 Å². The Morgan fingerprint density at radius 1 is 0.625 bits per heavy atom. The van der Waals surface area contributed by atoms with Gasteiger partial charge in [0.25, 0.3) is 11.8 Å². The molecule has 1 saturated heterocycles. The van der Waals surface area contributed by atoms with E-state index in [1.807, 2.05) is 11.3 Å². The Bertz CT molecular complexity index is 1820. The number of benzene rings is 4. The Kier molecular flexibility index (Phi) is 10.2. The molecule has 0 saturated carbocycles. The molecular weight excluding hydrogens is 617 g/mol. The van der Waals surface area contributed by atoms with Crippen LogP contribution in [0.25, 0.3) is 20.5 Å². The number of hydrogen-bond acceptors (Lipinski definition) is 6. The van der Waals surface area contributed by atoms with E-state index >= 15 is 0 Å². The SMILES string of the molecule is O=C1c2ccccc2C(=O)N1CCCCCCOc1ccc(-c2sc3ccccc3c2Cc2ccc(OCCN3CCCC3)cc2)cc1. The van der Waals surface area contributed by atoms with Crippen molar-refractivity contribution in [1.29, 1.82) is 0 Å². The van der Waals surface area contributed by atoms with Crippen molar-refractivity contribution >= 4 is 33.2 Å². The number of thiophene rings is 1. The third kappa shape index (κ3) is 7.33. The maximum Gasteiger partial charge on any atom is 0.261 e. The van der Waals surface area contributed by atoms with Crippen molar-refractivity contribution in [3.63, 3.8) is 0 Å². The van der Waals surface area contributed by atoms with E-state index in [4.69, 9.17) is 9.47 Å². The fourth-order valence-electron chi connectivity index (χ4n) is 6.77. The van der Waals surface area contributed by atoms with E-state index in [1.165, 1.54) is 62.5 Å². The molecule has 0 aliphatic carbocycles. The highest BCUT2D eigenvalue weighted by Gasteiger charge is 2.34. The summed E-state index contributed by atoms with van der Waals surface area (Å²) in [5.74, 6) is 1.46. The summed E-state index contributed by atoms with van der Waals surface area (Å²) in [6.07, 6.45) is 7.12. The van der Waals surface area contributed by atoms with Gasteiger partial charge < -0.3 is 9.47 Å². The maximum atomic E-state index is 12.5. The van der Waals surface area contributed by atoms with E-state index in [-0.39, 0.29) is 11.8 Å².